The quantitative estimate of drug-likeness (QED) is 0.277. The largest absolute Gasteiger partial charge is 0.504 e. The number of aromatic nitrogens is 8. The van der Waals surface area contributed by atoms with Crippen LogP contribution in [0.4, 0.5) is 10.2 Å². The highest BCUT2D eigenvalue weighted by atomic mass is 19.1. The Morgan fingerprint density at radius 2 is 1.93 bits per heavy atom. The number of aldehydes is 1. The normalized spacial score (nSPS) is 14.3. The van der Waals surface area contributed by atoms with Crippen LogP contribution < -0.4 is 11.3 Å². The molecule has 0 fully saturated rings. The van der Waals surface area contributed by atoms with Crippen LogP contribution in [0.2, 0.25) is 0 Å². The van der Waals surface area contributed by atoms with E-state index in [-0.39, 0.29) is 22.5 Å². The lowest BCUT2D eigenvalue weighted by molar-refractivity contribution is 0.112. The van der Waals surface area contributed by atoms with Gasteiger partial charge in [-0.1, -0.05) is 6.07 Å². The molecule has 5 heterocycles. The third kappa shape index (κ3) is 4.01. The van der Waals surface area contributed by atoms with Crippen molar-refractivity contribution in [2.75, 3.05) is 5.73 Å². The second-order valence-electron chi connectivity index (χ2n) is 10.7. The maximum absolute atomic E-state index is 14.7. The number of nitrogen functional groups attached to an aromatic ring is 1. The second-order valence-corrected chi connectivity index (χ2v) is 10.7. The number of benzene rings is 2. The molecule has 7 aromatic rings. The maximum atomic E-state index is 14.7. The summed E-state index contributed by atoms with van der Waals surface area (Å²) >= 11 is 0. The van der Waals surface area contributed by atoms with Crippen molar-refractivity contribution in [2.45, 2.75) is 18.9 Å². The first-order valence-corrected chi connectivity index (χ1v) is 14.0. The minimum Gasteiger partial charge on any atom is -0.504 e. The van der Waals surface area contributed by atoms with Gasteiger partial charge in [0.15, 0.2) is 35.1 Å². The molecule has 3 N–H and O–H groups in total. The molecule has 5 aromatic heterocycles. The number of rotatable bonds is 5. The van der Waals surface area contributed by atoms with Crippen molar-refractivity contribution < 1.29 is 14.3 Å². The number of hydrogen-bond acceptors (Lipinski definition) is 9. The van der Waals surface area contributed by atoms with Gasteiger partial charge < -0.3 is 10.8 Å². The predicted octanol–water partition coefficient (Wildman–Crippen LogP) is 4.15. The fourth-order valence-electron chi connectivity index (χ4n) is 6.08. The molecule has 12 nitrogen and oxygen atoms in total. The number of nitrogens with zero attached hydrogens (tertiary/aromatic N) is 8. The van der Waals surface area contributed by atoms with Crippen LogP contribution in [0.1, 0.15) is 33.9 Å². The first-order valence-electron chi connectivity index (χ1n) is 14.0. The number of pyridine rings is 2. The topological polar surface area (TPSA) is 160 Å². The average Bonchev–Trinajstić information content (AvgIpc) is 3.82. The van der Waals surface area contributed by atoms with Crippen LogP contribution in [0.15, 0.2) is 84.3 Å². The number of phenolic OH excluding ortho intramolecular Hbond substituents is 1. The van der Waals surface area contributed by atoms with E-state index < -0.39 is 17.1 Å². The van der Waals surface area contributed by atoms with Crippen LogP contribution in [0.3, 0.4) is 0 Å². The highest BCUT2D eigenvalue weighted by Gasteiger charge is 2.28. The van der Waals surface area contributed by atoms with Gasteiger partial charge in [-0.3, -0.25) is 18.7 Å². The van der Waals surface area contributed by atoms with Gasteiger partial charge in [0.2, 0.25) is 0 Å². The van der Waals surface area contributed by atoms with Gasteiger partial charge in [-0.2, -0.15) is 5.10 Å². The fourth-order valence-corrected chi connectivity index (χ4v) is 6.08. The van der Waals surface area contributed by atoms with E-state index in [1.165, 1.54) is 17.0 Å². The monoisotopic (exact) mass is 599 g/mol. The summed E-state index contributed by atoms with van der Waals surface area (Å²) in [5.41, 5.74) is 9.80. The van der Waals surface area contributed by atoms with Gasteiger partial charge in [0, 0.05) is 24.3 Å². The molecule has 0 aliphatic heterocycles. The Kier molecular flexibility index (Phi) is 5.81. The molecule has 2 aromatic carbocycles. The van der Waals surface area contributed by atoms with E-state index in [9.17, 15) is 19.1 Å². The molecule has 1 aliphatic carbocycles. The van der Waals surface area contributed by atoms with Gasteiger partial charge in [0.25, 0.3) is 5.56 Å². The zero-order valence-corrected chi connectivity index (χ0v) is 23.4. The Morgan fingerprint density at radius 1 is 1.04 bits per heavy atom. The van der Waals surface area contributed by atoms with Crippen molar-refractivity contribution >= 4 is 34.2 Å². The zero-order chi connectivity index (χ0) is 30.8. The van der Waals surface area contributed by atoms with E-state index in [2.05, 4.69) is 15.1 Å². The maximum Gasteiger partial charge on any atom is 0.261 e. The number of halogens is 1. The van der Waals surface area contributed by atoms with Gasteiger partial charge in [0.1, 0.15) is 16.9 Å². The van der Waals surface area contributed by atoms with Gasteiger partial charge in [-0.15, -0.1) is 0 Å². The number of carbonyl (C=O) groups is 1. The number of anilines is 1. The molecule has 8 rings (SSSR count). The average molecular weight is 600 g/mol. The molecular formula is C32H22FN9O3. The number of aromatic hydroxyl groups is 1. The lowest BCUT2D eigenvalue weighted by Crippen LogP contribution is -2.25. The van der Waals surface area contributed by atoms with Crippen LogP contribution in [0, 0.1) is 5.82 Å². The molecule has 1 unspecified atom stereocenters. The molecule has 1 aliphatic rings. The number of fused-ring (bicyclic) bond motifs is 3. The highest BCUT2D eigenvalue weighted by Crippen LogP contribution is 2.37. The Bertz CT molecular complexity index is 2380. The van der Waals surface area contributed by atoms with Crippen molar-refractivity contribution in [3.05, 3.63) is 112 Å². The highest BCUT2D eigenvalue weighted by molar-refractivity contribution is 5.90. The molecule has 0 amide bonds. The van der Waals surface area contributed by atoms with Crippen molar-refractivity contribution in [2.24, 2.45) is 0 Å². The Labute approximate surface area is 252 Å². The summed E-state index contributed by atoms with van der Waals surface area (Å²) in [4.78, 5) is 43.1. The van der Waals surface area contributed by atoms with Crippen LogP contribution in [-0.2, 0) is 6.42 Å². The van der Waals surface area contributed by atoms with Gasteiger partial charge in [-0.05, 0) is 72.5 Å². The van der Waals surface area contributed by atoms with E-state index in [0.717, 1.165) is 16.8 Å². The molecule has 0 saturated heterocycles. The molecule has 1 atom stereocenters. The van der Waals surface area contributed by atoms with Crippen LogP contribution >= 0.6 is 0 Å². The van der Waals surface area contributed by atoms with Crippen LogP contribution in [0.25, 0.3) is 45.0 Å². The SMILES string of the molecule is Nc1ncccc1-c1nc2ccc(-n3cccn3)nc2n1-c1ccc2c(c1)CCC2n1cnc2c(F)c(O)c(C=O)cc2c1=O. The van der Waals surface area contributed by atoms with Gasteiger partial charge in [-0.25, -0.2) is 29.0 Å². The summed E-state index contributed by atoms with van der Waals surface area (Å²) in [5, 5.41) is 14.2. The number of phenols is 1. The smallest absolute Gasteiger partial charge is 0.261 e. The third-order valence-electron chi connectivity index (χ3n) is 8.22. The fraction of sp³-hybridized carbons (Fsp3) is 0.0938. The predicted molar refractivity (Wildman–Crippen MR) is 163 cm³/mol. The summed E-state index contributed by atoms with van der Waals surface area (Å²) in [5.74, 6) is -0.412. The Morgan fingerprint density at radius 3 is 2.73 bits per heavy atom. The van der Waals surface area contributed by atoms with Gasteiger partial charge >= 0.3 is 0 Å². The summed E-state index contributed by atoms with van der Waals surface area (Å²) in [7, 11) is 0. The minimum atomic E-state index is -1.10. The molecule has 0 saturated carbocycles. The molecular weight excluding hydrogens is 577 g/mol. The van der Waals surface area contributed by atoms with Gasteiger partial charge in [0.05, 0.1) is 28.9 Å². The number of nitrogens with two attached hydrogens (primary N) is 1. The first-order chi connectivity index (χ1) is 21.9. The second kappa shape index (κ2) is 9.91. The number of aryl methyl sites for hydroxylation is 1. The molecule has 0 bridgehead atoms. The zero-order valence-electron chi connectivity index (χ0n) is 23.4. The van der Waals surface area contributed by atoms with E-state index in [4.69, 9.17) is 15.7 Å². The molecule has 13 heteroatoms. The summed E-state index contributed by atoms with van der Waals surface area (Å²) in [6.45, 7) is 0. The number of hydrogen-bond donors (Lipinski definition) is 2. The molecule has 220 valence electrons. The van der Waals surface area contributed by atoms with Crippen molar-refractivity contribution in [3.63, 3.8) is 0 Å². The summed E-state index contributed by atoms with van der Waals surface area (Å²) in [6.07, 6.45) is 7.96. The van der Waals surface area contributed by atoms with E-state index >= 15 is 0 Å². The van der Waals surface area contributed by atoms with Crippen LogP contribution in [-0.4, -0.2) is 50.2 Å². The summed E-state index contributed by atoms with van der Waals surface area (Å²) in [6, 6.07) is 15.9. The number of imidazole rings is 1. The van der Waals surface area contributed by atoms with Crippen molar-refractivity contribution in [1.29, 1.82) is 0 Å². The van der Waals surface area contributed by atoms with E-state index in [0.29, 0.717) is 53.3 Å². The molecule has 45 heavy (non-hydrogen) atoms. The standard InChI is InChI=1S/C32H22FN9O3/c33-26-27-22(14-18(15-43)28(26)44)32(45)40(16-36-27)24-8-4-17-13-19(5-6-20(17)24)42-30(21-3-1-10-35-29(21)34)38-23-7-9-25(39-31(23)42)41-12-2-11-37-41/h1-3,5-7,9-16,24,44H,4,8H2,(H2,34,35). The third-order valence-corrected chi connectivity index (χ3v) is 8.22. The van der Waals surface area contributed by atoms with Crippen LogP contribution in [0.5, 0.6) is 5.75 Å². The van der Waals surface area contributed by atoms with E-state index in [1.54, 1.807) is 23.1 Å². The van der Waals surface area contributed by atoms with Crippen molar-refractivity contribution in [1.82, 2.24) is 38.9 Å². The van der Waals surface area contributed by atoms with Crippen molar-refractivity contribution in [3.8, 4) is 28.6 Å². The Hall–Kier alpha value is -6.24. The summed E-state index contributed by atoms with van der Waals surface area (Å²) < 4.78 is 19.8. The lowest BCUT2D eigenvalue weighted by atomic mass is 10.1. The molecule has 0 radical (unpaired) electrons. The minimum absolute atomic E-state index is 0.0809. The lowest BCUT2D eigenvalue weighted by Gasteiger charge is -2.17. The van der Waals surface area contributed by atoms with E-state index in [1.807, 2.05) is 53.2 Å². The first kappa shape index (κ1) is 26.4. The molecule has 0 spiro atoms. The Balaban J connectivity index is 1.28. The number of carbonyl (C=O) groups excluding carboxylic acids is 1.